The highest BCUT2D eigenvalue weighted by Gasteiger charge is 2.31. The van der Waals surface area contributed by atoms with Crippen LogP contribution in [0.25, 0.3) is 0 Å². The Labute approximate surface area is 125 Å². The second kappa shape index (κ2) is 6.73. The lowest BCUT2D eigenvalue weighted by Gasteiger charge is -2.34. The fraction of sp³-hybridized carbons (Fsp3) is 0.625. The van der Waals surface area contributed by atoms with Crippen LogP contribution in [-0.2, 0) is 6.54 Å². The molecule has 2 fully saturated rings. The van der Waals surface area contributed by atoms with Gasteiger partial charge in [-0.3, -0.25) is 9.80 Å². The number of rotatable bonds is 4. The van der Waals surface area contributed by atoms with E-state index in [4.69, 9.17) is 5.11 Å². The van der Waals surface area contributed by atoms with E-state index in [1.54, 1.807) is 11.3 Å². The minimum atomic E-state index is 0.149. The Hall–Kier alpha value is -0.860. The van der Waals surface area contributed by atoms with Crippen molar-refractivity contribution in [3.05, 3.63) is 21.9 Å². The highest BCUT2D eigenvalue weighted by atomic mass is 32.1. The molecule has 1 aromatic rings. The van der Waals surface area contributed by atoms with Crippen molar-refractivity contribution < 1.29 is 5.11 Å². The highest BCUT2D eigenvalue weighted by molar-refractivity contribution is 7.12. The monoisotopic (exact) mass is 290 g/mol. The maximum absolute atomic E-state index is 8.72. The van der Waals surface area contributed by atoms with Crippen LogP contribution >= 0.6 is 11.3 Å². The average molecular weight is 290 g/mol. The van der Waals surface area contributed by atoms with Gasteiger partial charge in [0.2, 0.25) is 0 Å². The zero-order valence-electron chi connectivity index (χ0n) is 11.8. The second-order valence-electron chi connectivity index (χ2n) is 5.58. The highest BCUT2D eigenvalue weighted by Crippen LogP contribution is 2.28. The van der Waals surface area contributed by atoms with Gasteiger partial charge >= 0.3 is 0 Å². The number of aliphatic hydroxyl groups is 1. The number of hydrogen-bond donors (Lipinski definition) is 1. The smallest absolute Gasteiger partial charge is 0.0771 e. The van der Waals surface area contributed by atoms with Crippen LogP contribution in [0.2, 0.25) is 0 Å². The lowest BCUT2D eigenvalue weighted by Crippen LogP contribution is -2.46. The molecule has 2 aliphatic rings. The van der Waals surface area contributed by atoms with E-state index in [1.807, 2.05) is 0 Å². The molecule has 1 saturated heterocycles. The van der Waals surface area contributed by atoms with Crippen molar-refractivity contribution in [2.24, 2.45) is 0 Å². The molecule has 0 atom stereocenters. The summed E-state index contributed by atoms with van der Waals surface area (Å²) in [5.41, 5.74) is 0. The summed E-state index contributed by atoms with van der Waals surface area (Å²) in [5, 5.41) is 8.72. The first-order chi connectivity index (χ1) is 9.85. The summed E-state index contributed by atoms with van der Waals surface area (Å²) in [6, 6.07) is 5.21. The normalized spacial score (nSPS) is 20.6. The molecule has 1 aromatic heterocycles. The van der Waals surface area contributed by atoms with Crippen molar-refractivity contribution in [1.82, 2.24) is 9.80 Å². The van der Waals surface area contributed by atoms with Gasteiger partial charge in [-0.05, 0) is 25.0 Å². The molecule has 3 rings (SSSR count). The van der Waals surface area contributed by atoms with Gasteiger partial charge < -0.3 is 5.11 Å². The Bertz CT molecular complexity index is 490. The predicted octanol–water partition coefficient (Wildman–Crippen LogP) is 1.76. The van der Waals surface area contributed by atoms with Crippen LogP contribution in [0.4, 0.5) is 0 Å². The topological polar surface area (TPSA) is 26.7 Å². The van der Waals surface area contributed by atoms with E-state index < -0.39 is 0 Å². The average Bonchev–Trinajstić information content (AvgIpc) is 3.22. The lowest BCUT2D eigenvalue weighted by molar-refractivity contribution is 0.122. The second-order valence-corrected chi connectivity index (χ2v) is 6.75. The van der Waals surface area contributed by atoms with E-state index in [1.165, 1.54) is 43.9 Å². The first-order valence-electron chi connectivity index (χ1n) is 7.50. The summed E-state index contributed by atoms with van der Waals surface area (Å²) in [4.78, 5) is 7.72. The maximum atomic E-state index is 8.72. The number of thiophene rings is 1. The molecule has 1 aliphatic heterocycles. The Morgan fingerprint density at radius 3 is 2.70 bits per heavy atom. The molecule has 0 radical (unpaired) electrons. The van der Waals surface area contributed by atoms with Crippen molar-refractivity contribution in [1.29, 1.82) is 0 Å². The van der Waals surface area contributed by atoms with Gasteiger partial charge in [-0.2, -0.15) is 0 Å². The number of piperazine rings is 1. The predicted molar refractivity (Wildman–Crippen MR) is 82.8 cm³/mol. The molecule has 20 heavy (non-hydrogen) atoms. The standard InChI is InChI=1S/C16H22N2OS/c19-12-2-1-3-15-6-7-16(20-15)13-17-8-10-18(11-9-17)14-4-5-14/h6-7,14,19H,2,4-5,8-13H2. The van der Waals surface area contributed by atoms with Crippen molar-refractivity contribution in [2.75, 3.05) is 32.8 Å². The maximum Gasteiger partial charge on any atom is 0.0771 e. The number of hydrogen-bond acceptors (Lipinski definition) is 4. The minimum absolute atomic E-state index is 0.149. The fourth-order valence-corrected chi connectivity index (χ4v) is 3.61. The van der Waals surface area contributed by atoms with Crippen LogP contribution in [0, 0.1) is 11.8 Å². The van der Waals surface area contributed by atoms with Crippen LogP contribution in [0.3, 0.4) is 0 Å². The van der Waals surface area contributed by atoms with Gasteiger partial charge in [0.15, 0.2) is 0 Å². The Kier molecular flexibility index (Phi) is 4.74. The van der Waals surface area contributed by atoms with E-state index in [0.717, 1.165) is 17.5 Å². The summed E-state index contributed by atoms with van der Waals surface area (Å²) in [7, 11) is 0. The molecule has 0 unspecified atom stereocenters. The van der Waals surface area contributed by atoms with Gasteiger partial charge in [0.1, 0.15) is 0 Å². The van der Waals surface area contributed by atoms with Gasteiger partial charge in [0.25, 0.3) is 0 Å². The fourth-order valence-electron chi connectivity index (χ4n) is 2.68. The molecule has 1 N–H and O–H groups in total. The zero-order chi connectivity index (χ0) is 13.8. The van der Waals surface area contributed by atoms with Gasteiger partial charge in [-0.1, -0.05) is 11.8 Å². The third kappa shape index (κ3) is 3.83. The van der Waals surface area contributed by atoms with Gasteiger partial charge in [0.05, 0.1) is 11.5 Å². The van der Waals surface area contributed by atoms with Gasteiger partial charge in [-0.25, -0.2) is 0 Å². The molecule has 0 bridgehead atoms. The molecule has 1 saturated carbocycles. The van der Waals surface area contributed by atoms with Crippen LogP contribution in [0.5, 0.6) is 0 Å². The van der Waals surface area contributed by atoms with Crippen LogP contribution < -0.4 is 0 Å². The molecule has 0 spiro atoms. The van der Waals surface area contributed by atoms with Crippen LogP contribution in [0.15, 0.2) is 12.1 Å². The van der Waals surface area contributed by atoms with E-state index >= 15 is 0 Å². The molecule has 108 valence electrons. The molecule has 0 amide bonds. The third-order valence-electron chi connectivity index (χ3n) is 3.96. The first kappa shape index (κ1) is 14.1. The van der Waals surface area contributed by atoms with Crippen molar-refractivity contribution in [3.63, 3.8) is 0 Å². The lowest BCUT2D eigenvalue weighted by atomic mass is 10.3. The summed E-state index contributed by atoms with van der Waals surface area (Å²) < 4.78 is 0. The molecule has 4 heteroatoms. The molecule has 1 aliphatic carbocycles. The van der Waals surface area contributed by atoms with E-state index in [0.29, 0.717) is 6.42 Å². The van der Waals surface area contributed by atoms with Crippen LogP contribution in [0.1, 0.15) is 29.0 Å². The molecular weight excluding hydrogens is 268 g/mol. The van der Waals surface area contributed by atoms with E-state index in [2.05, 4.69) is 33.8 Å². The first-order valence-corrected chi connectivity index (χ1v) is 8.31. The summed E-state index contributed by atoms with van der Waals surface area (Å²) >= 11 is 1.79. The molecule has 0 aromatic carbocycles. The molecule has 2 heterocycles. The van der Waals surface area contributed by atoms with E-state index in [-0.39, 0.29) is 6.61 Å². The zero-order valence-corrected chi connectivity index (χ0v) is 12.7. The van der Waals surface area contributed by atoms with Gasteiger partial charge in [-0.15, -0.1) is 11.3 Å². The van der Waals surface area contributed by atoms with Crippen LogP contribution in [-0.4, -0.2) is 53.7 Å². The molecule has 3 nitrogen and oxygen atoms in total. The summed E-state index contributed by atoms with van der Waals surface area (Å²) in [5.74, 6) is 6.10. The third-order valence-corrected chi connectivity index (χ3v) is 4.95. The Morgan fingerprint density at radius 1 is 1.20 bits per heavy atom. The Balaban J connectivity index is 1.47. The summed E-state index contributed by atoms with van der Waals surface area (Å²) in [6.45, 7) is 6.07. The van der Waals surface area contributed by atoms with Gasteiger partial charge in [0, 0.05) is 50.1 Å². The number of aliphatic hydroxyl groups excluding tert-OH is 1. The van der Waals surface area contributed by atoms with Crippen molar-refractivity contribution in [3.8, 4) is 11.8 Å². The van der Waals surface area contributed by atoms with Crippen molar-refractivity contribution >= 4 is 11.3 Å². The number of nitrogens with zero attached hydrogens (tertiary/aromatic N) is 2. The minimum Gasteiger partial charge on any atom is -0.395 e. The molecular formula is C16H22N2OS. The van der Waals surface area contributed by atoms with E-state index in [9.17, 15) is 0 Å². The Morgan fingerprint density at radius 2 is 2.00 bits per heavy atom. The van der Waals surface area contributed by atoms with Crippen molar-refractivity contribution in [2.45, 2.75) is 31.8 Å². The largest absolute Gasteiger partial charge is 0.395 e. The SMILES string of the molecule is OCCC#Cc1ccc(CN2CCN(C3CC3)CC2)s1. The summed E-state index contributed by atoms with van der Waals surface area (Å²) in [6.07, 6.45) is 3.40. The quantitative estimate of drug-likeness (QED) is 0.856.